The van der Waals surface area contributed by atoms with E-state index in [4.69, 9.17) is 0 Å². The van der Waals surface area contributed by atoms with Crippen molar-refractivity contribution in [1.82, 2.24) is 14.7 Å². The molecule has 1 aromatic heterocycles. The van der Waals surface area contributed by atoms with Crippen molar-refractivity contribution < 1.29 is 18.3 Å². The van der Waals surface area contributed by atoms with Gasteiger partial charge < -0.3 is 5.11 Å². The van der Waals surface area contributed by atoms with Crippen LogP contribution < -0.4 is 0 Å². The lowest BCUT2D eigenvalue weighted by Gasteiger charge is -2.26. The summed E-state index contributed by atoms with van der Waals surface area (Å²) < 4.78 is 40.9. The Morgan fingerprint density at radius 3 is 2.72 bits per heavy atom. The fraction of sp³-hybridized carbons (Fsp3) is 0.500. The van der Waals surface area contributed by atoms with Crippen molar-refractivity contribution in [3.63, 3.8) is 0 Å². The monoisotopic (exact) mass is 353 g/mol. The number of likely N-dealkylation sites (tertiary alicyclic amines) is 1. The SMILES string of the molecule is CC(C)n1nccc1CN1C[C@H](O)C[C@H]1c1cccc(C(F)(F)F)c1. The molecule has 0 aliphatic carbocycles. The number of nitrogens with zero attached hydrogens (tertiary/aromatic N) is 3. The van der Waals surface area contributed by atoms with Crippen molar-refractivity contribution in [1.29, 1.82) is 0 Å². The van der Waals surface area contributed by atoms with Gasteiger partial charge in [0.2, 0.25) is 0 Å². The number of rotatable bonds is 4. The molecule has 0 radical (unpaired) electrons. The first kappa shape index (κ1) is 17.9. The van der Waals surface area contributed by atoms with E-state index < -0.39 is 17.8 Å². The molecule has 4 nitrogen and oxygen atoms in total. The van der Waals surface area contributed by atoms with Crippen LogP contribution in [-0.4, -0.2) is 32.4 Å². The van der Waals surface area contributed by atoms with Crippen LogP contribution in [0.15, 0.2) is 36.5 Å². The molecule has 1 fully saturated rings. The third-order valence-corrected chi connectivity index (χ3v) is 4.59. The van der Waals surface area contributed by atoms with Crippen LogP contribution in [0, 0.1) is 0 Å². The first-order chi connectivity index (χ1) is 11.8. The summed E-state index contributed by atoms with van der Waals surface area (Å²) in [6, 6.07) is 7.26. The highest BCUT2D eigenvalue weighted by atomic mass is 19.4. The molecular formula is C18H22F3N3O. The third-order valence-electron chi connectivity index (χ3n) is 4.59. The predicted molar refractivity (Wildman–Crippen MR) is 87.8 cm³/mol. The van der Waals surface area contributed by atoms with E-state index in [1.54, 1.807) is 12.3 Å². The molecule has 25 heavy (non-hydrogen) atoms. The van der Waals surface area contributed by atoms with Gasteiger partial charge in [-0.3, -0.25) is 9.58 Å². The number of aromatic nitrogens is 2. The third kappa shape index (κ3) is 3.88. The lowest BCUT2D eigenvalue weighted by molar-refractivity contribution is -0.137. The predicted octanol–water partition coefficient (Wildman–Crippen LogP) is 3.79. The van der Waals surface area contributed by atoms with Gasteiger partial charge in [-0.25, -0.2) is 0 Å². The molecule has 2 aromatic rings. The summed E-state index contributed by atoms with van der Waals surface area (Å²) in [7, 11) is 0. The maximum absolute atomic E-state index is 13.0. The smallest absolute Gasteiger partial charge is 0.392 e. The number of β-amino-alcohol motifs (C(OH)–C–C–N with tert-alkyl or cyclic N) is 1. The van der Waals surface area contributed by atoms with E-state index in [2.05, 4.69) is 5.10 Å². The fourth-order valence-electron chi connectivity index (χ4n) is 3.46. The number of hydrogen-bond acceptors (Lipinski definition) is 3. The van der Waals surface area contributed by atoms with Crippen LogP contribution >= 0.6 is 0 Å². The van der Waals surface area contributed by atoms with Gasteiger partial charge in [0.05, 0.1) is 17.4 Å². The second-order valence-electron chi connectivity index (χ2n) is 6.82. The van der Waals surface area contributed by atoms with E-state index in [1.807, 2.05) is 29.5 Å². The van der Waals surface area contributed by atoms with Crippen LogP contribution in [0.1, 0.15) is 49.2 Å². The van der Waals surface area contributed by atoms with E-state index in [1.165, 1.54) is 12.1 Å². The summed E-state index contributed by atoms with van der Waals surface area (Å²) in [5, 5.41) is 14.4. The Morgan fingerprint density at radius 2 is 2.04 bits per heavy atom. The van der Waals surface area contributed by atoms with Gasteiger partial charge in [0, 0.05) is 31.4 Å². The van der Waals surface area contributed by atoms with Crippen molar-refractivity contribution in [2.24, 2.45) is 0 Å². The van der Waals surface area contributed by atoms with Crippen LogP contribution in [0.5, 0.6) is 0 Å². The summed E-state index contributed by atoms with van der Waals surface area (Å²) in [6.07, 6.45) is -2.76. The molecule has 1 aliphatic heterocycles. The van der Waals surface area contributed by atoms with Crippen LogP contribution in [-0.2, 0) is 12.7 Å². The summed E-state index contributed by atoms with van der Waals surface area (Å²) in [5.41, 5.74) is 0.918. The molecule has 0 unspecified atom stereocenters. The quantitative estimate of drug-likeness (QED) is 0.909. The lowest BCUT2D eigenvalue weighted by Crippen LogP contribution is -2.26. The van der Waals surface area contributed by atoms with E-state index in [0.717, 1.165) is 11.8 Å². The molecule has 0 bridgehead atoms. The first-order valence-electron chi connectivity index (χ1n) is 8.37. The molecule has 1 saturated heterocycles. The highest BCUT2D eigenvalue weighted by molar-refractivity contribution is 5.29. The lowest BCUT2D eigenvalue weighted by atomic mass is 10.0. The minimum atomic E-state index is -4.37. The molecule has 2 atom stereocenters. The Bertz CT molecular complexity index is 726. The maximum Gasteiger partial charge on any atom is 0.416 e. The van der Waals surface area contributed by atoms with Gasteiger partial charge in [0.1, 0.15) is 0 Å². The topological polar surface area (TPSA) is 41.3 Å². The molecule has 0 spiro atoms. The number of aliphatic hydroxyl groups is 1. The van der Waals surface area contributed by atoms with Gasteiger partial charge in [0.15, 0.2) is 0 Å². The summed E-state index contributed by atoms with van der Waals surface area (Å²) >= 11 is 0. The van der Waals surface area contributed by atoms with Gasteiger partial charge in [-0.1, -0.05) is 12.1 Å². The second kappa shape index (κ2) is 6.80. The van der Waals surface area contributed by atoms with Gasteiger partial charge >= 0.3 is 6.18 Å². The molecule has 3 rings (SSSR count). The van der Waals surface area contributed by atoms with Gasteiger partial charge in [-0.05, 0) is 44.0 Å². The molecule has 2 heterocycles. The zero-order chi connectivity index (χ0) is 18.2. The molecule has 7 heteroatoms. The molecule has 1 aliphatic rings. The Balaban J connectivity index is 1.86. The second-order valence-corrected chi connectivity index (χ2v) is 6.82. The van der Waals surface area contributed by atoms with Crippen molar-refractivity contribution in [2.45, 2.75) is 51.2 Å². The van der Waals surface area contributed by atoms with E-state index in [0.29, 0.717) is 25.1 Å². The minimum absolute atomic E-state index is 0.199. The van der Waals surface area contributed by atoms with Crippen molar-refractivity contribution in [3.8, 4) is 0 Å². The number of aliphatic hydroxyl groups excluding tert-OH is 1. The number of alkyl halides is 3. The zero-order valence-corrected chi connectivity index (χ0v) is 14.2. The average molecular weight is 353 g/mol. The maximum atomic E-state index is 13.0. The first-order valence-corrected chi connectivity index (χ1v) is 8.37. The number of hydrogen-bond donors (Lipinski definition) is 1. The van der Waals surface area contributed by atoms with Crippen molar-refractivity contribution in [3.05, 3.63) is 53.3 Å². The van der Waals surface area contributed by atoms with Crippen LogP contribution in [0.2, 0.25) is 0 Å². The Kier molecular flexibility index (Phi) is 4.88. The Morgan fingerprint density at radius 1 is 1.28 bits per heavy atom. The summed E-state index contributed by atoms with van der Waals surface area (Å²) in [6.45, 7) is 5.03. The molecule has 1 N–H and O–H groups in total. The molecular weight excluding hydrogens is 331 g/mol. The van der Waals surface area contributed by atoms with Gasteiger partial charge in [-0.15, -0.1) is 0 Å². The highest BCUT2D eigenvalue weighted by Crippen LogP contribution is 2.37. The molecule has 136 valence electrons. The van der Waals surface area contributed by atoms with Crippen LogP contribution in [0.4, 0.5) is 13.2 Å². The summed E-state index contributed by atoms with van der Waals surface area (Å²) in [5.74, 6) is 0. The van der Waals surface area contributed by atoms with Gasteiger partial charge in [-0.2, -0.15) is 18.3 Å². The highest BCUT2D eigenvalue weighted by Gasteiger charge is 2.35. The van der Waals surface area contributed by atoms with Crippen molar-refractivity contribution >= 4 is 0 Å². The number of benzene rings is 1. The average Bonchev–Trinajstić information content (AvgIpc) is 3.13. The van der Waals surface area contributed by atoms with Crippen LogP contribution in [0.3, 0.4) is 0 Å². The van der Waals surface area contributed by atoms with E-state index in [9.17, 15) is 18.3 Å². The van der Waals surface area contributed by atoms with Gasteiger partial charge in [0.25, 0.3) is 0 Å². The summed E-state index contributed by atoms with van der Waals surface area (Å²) in [4.78, 5) is 2.02. The molecule has 1 aromatic carbocycles. The zero-order valence-electron chi connectivity index (χ0n) is 14.2. The molecule has 0 amide bonds. The van der Waals surface area contributed by atoms with Crippen LogP contribution in [0.25, 0.3) is 0 Å². The van der Waals surface area contributed by atoms with E-state index in [-0.39, 0.29) is 12.1 Å². The Labute approximate surface area is 144 Å². The van der Waals surface area contributed by atoms with E-state index >= 15 is 0 Å². The Hall–Kier alpha value is -1.86. The standard InChI is InChI=1S/C18H22F3N3O/c1-12(2)24-15(6-7-22-24)10-23-11-16(25)9-17(23)13-4-3-5-14(8-13)18(19,20)21/h3-8,12,16-17,25H,9-11H2,1-2H3/t16-,17+/m1/s1. The number of halogens is 3. The molecule has 0 saturated carbocycles. The fourth-order valence-corrected chi connectivity index (χ4v) is 3.46. The largest absolute Gasteiger partial charge is 0.416 e. The van der Waals surface area contributed by atoms with Crippen molar-refractivity contribution in [2.75, 3.05) is 6.54 Å². The normalized spacial score (nSPS) is 22.0. The minimum Gasteiger partial charge on any atom is -0.392 e.